The van der Waals surface area contributed by atoms with Crippen LogP contribution in [0.25, 0.3) is 10.2 Å². The highest BCUT2D eigenvalue weighted by Gasteiger charge is 2.28. The van der Waals surface area contributed by atoms with E-state index in [4.69, 9.17) is 9.47 Å². The van der Waals surface area contributed by atoms with E-state index in [1.807, 2.05) is 6.92 Å². The number of ether oxygens (including phenoxy) is 2. The molecule has 2 aromatic heterocycles. The normalized spacial score (nSPS) is 14.0. The molecule has 0 radical (unpaired) electrons. The van der Waals surface area contributed by atoms with Crippen LogP contribution in [-0.4, -0.2) is 47.0 Å². The molecule has 0 fully saturated rings. The number of carbonyl (C=O) groups is 3. The zero-order chi connectivity index (χ0) is 24.6. The van der Waals surface area contributed by atoms with Crippen molar-refractivity contribution in [3.63, 3.8) is 0 Å². The number of benzene rings is 1. The van der Waals surface area contributed by atoms with Gasteiger partial charge in [-0.1, -0.05) is 6.92 Å². The van der Waals surface area contributed by atoms with Gasteiger partial charge in [-0.05, 0) is 51.0 Å². The number of nitrogens with zero attached hydrogens (tertiary/aromatic N) is 3. The third kappa shape index (κ3) is 3.98. The van der Waals surface area contributed by atoms with Gasteiger partial charge in [0.2, 0.25) is 0 Å². The van der Waals surface area contributed by atoms with Crippen molar-refractivity contribution in [2.75, 3.05) is 24.7 Å². The Hall–Kier alpha value is -3.53. The number of aryl methyl sites for hydroxylation is 1. The van der Waals surface area contributed by atoms with Crippen LogP contribution in [0.1, 0.15) is 58.8 Å². The molecule has 1 aliphatic heterocycles. The smallest absolute Gasteiger partial charge is 0.348 e. The maximum Gasteiger partial charge on any atom is 0.348 e. The van der Waals surface area contributed by atoms with Crippen molar-refractivity contribution >= 4 is 44.9 Å². The molecular weight excluding hydrogens is 458 g/mol. The highest BCUT2D eigenvalue weighted by atomic mass is 32.1. The summed E-state index contributed by atoms with van der Waals surface area (Å²) in [4.78, 5) is 57.9. The van der Waals surface area contributed by atoms with Gasteiger partial charge in [-0.2, -0.15) is 0 Å². The van der Waals surface area contributed by atoms with E-state index in [2.05, 4.69) is 4.98 Å². The minimum absolute atomic E-state index is 0.0362. The number of fused-ring (bicyclic) bond motifs is 2. The van der Waals surface area contributed by atoms with E-state index in [0.29, 0.717) is 44.2 Å². The summed E-state index contributed by atoms with van der Waals surface area (Å²) in [5.74, 6) is -0.430. The average Bonchev–Trinajstić information content (AvgIpc) is 3.17. The number of rotatable bonds is 7. The van der Waals surface area contributed by atoms with E-state index in [0.717, 1.165) is 17.8 Å². The molecule has 10 heteroatoms. The number of ketones is 1. The van der Waals surface area contributed by atoms with E-state index >= 15 is 0 Å². The molecule has 0 saturated carbocycles. The van der Waals surface area contributed by atoms with Crippen LogP contribution in [0.15, 0.2) is 29.3 Å². The van der Waals surface area contributed by atoms with Gasteiger partial charge >= 0.3 is 5.97 Å². The molecule has 34 heavy (non-hydrogen) atoms. The van der Waals surface area contributed by atoms with E-state index < -0.39 is 17.6 Å². The third-order valence-electron chi connectivity index (χ3n) is 5.77. The summed E-state index contributed by atoms with van der Waals surface area (Å²) in [7, 11) is 0. The average molecular weight is 484 g/mol. The first-order valence-electron chi connectivity index (χ1n) is 11.1. The van der Waals surface area contributed by atoms with Gasteiger partial charge in [-0.3, -0.25) is 19.0 Å². The van der Waals surface area contributed by atoms with Gasteiger partial charge in [0.1, 0.15) is 15.5 Å². The van der Waals surface area contributed by atoms with Crippen LogP contribution in [0.2, 0.25) is 0 Å². The minimum Gasteiger partial charge on any atom is -0.482 e. The number of hydrogen-bond acceptors (Lipinski definition) is 8. The Balaban J connectivity index is 1.71. The molecule has 178 valence electrons. The first-order chi connectivity index (χ1) is 16.3. The van der Waals surface area contributed by atoms with Crippen molar-refractivity contribution < 1.29 is 23.9 Å². The molecule has 9 nitrogen and oxygen atoms in total. The van der Waals surface area contributed by atoms with Gasteiger partial charge < -0.3 is 14.4 Å². The Kier molecular flexibility index (Phi) is 6.52. The maximum absolute atomic E-state index is 13.3. The van der Waals surface area contributed by atoms with Crippen LogP contribution in [0.5, 0.6) is 5.75 Å². The number of esters is 1. The lowest BCUT2D eigenvalue weighted by molar-refractivity contribution is -0.121. The van der Waals surface area contributed by atoms with E-state index in [1.165, 1.54) is 10.9 Å². The molecule has 4 rings (SSSR count). The van der Waals surface area contributed by atoms with E-state index in [-0.39, 0.29) is 24.9 Å². The van der Waals surface area contributed by atoms with Gasteiger partial charge in [0.15, 0.2) is 12.4 Å². The van der Waals surface area contributed by atoms with Gasteiger partial charge in [0.25, 0.3) is 11.5 Å². The molecule has 0 saturated heterocycles. The second kappa shape index (κ2) is 9.38. The zero-order valence-electron chi connectivity index (χ0n) is 19.4. The van der Waals surface area contributed by atoms with Gasteiger partial charge in [0, 0.05) is 12.1 Å². The van der Waals surface area contributed by atoms with E-state index in [1.54, 1.807) is 43.9 Å². The molecule has 0 aliphatic carbocycles. The fourth-order valence-electron chi connectivity index (χ4n) is 4.00. The second-order valence-corrected chi connectivity index (χ2v) is 8.97. The summed E-state index contributed by atoms with van der Waals surface area (Å²) in [6.07, 6.45) is 2.08. The second-order valence-electron chi connectivity index (χ2n) is 7.97. The minimum atomic E-state index is -0.854. The van der Waals surface area contributed by atoms with Crippen molar-refractivity contribution in [2.24, 2.45) is 0 Å². The molecule has 0 spiro atoms. The topological polar surface area (TPSA) is 108 Å². The Morgan fingerprint density at radius 2 is 2.03 bits per heavy atom. The van der Waals surface area contributed by atoms with Crippen molar-refractivity contribution in [1.29, 1.82) is 0 Å². The summed E-state index contributed by atoms with van der Waals surface area (Å²) in [6.45, 7) is 7.68. The summed E-state index contributed by atoms with van der Waals surface area (Å²) in [5, 5.41) is 0.300. The first-order valence-corrected chi connectivity index (χ1v) is 11.9. The van der Waals surface area contributed by atoms with E-state index in [9.17, 15) is 19.2 Å². The van der Waals surface area contributed by atoms with Gasteiger partial charge in [-0.15, -0.1) is 11.3 Å². The number of thiophene rings is 1. The lowest BCUT2D eigenvalue weighted by atomic mass is 10.0. The molecule has 1 unspecified atom stereocenters. The summed E-state index contributed by atoms with van der Waals surface area (Å²) in [5.41, 5.74) is 0.987. The highest BCUT2D eigenvalue weighted by molar-refractivity contribution is 7.20. The first kappa shape index (κ1) is 23.6. The molecule has 1 aromatic carbocycles. The van der Waals surface area contributed by atoms with Crippen molar-refractivity contribution in [3.05, 3.63) is 50.9 Å². The summed E-state index contributed by atoms with van der Waals surface area (Å²) in [6, 6.07) is 4.08. The number of amides is 1. The lowest BCUT2D eigenvalue weighted by Gasteiger charge is -2.29. The molecule has 0 N–H and O–H groups in total. The van der Waals surface area contributed by atoms with Crippen LogP contribution in [0.3, 0.4) is 0 Å². The predicted molar refractivity (Wildman–Crippen MR) is 128 cm³/mol. The zero-order valence-corrected chi connectivity index (χ0v) is 20.2. The lowest BCUT2D eigenvalue weighted by Crippen LogP contribution is -2.39. The Bertz CT molecular complexity index is 1360. The van der Waals surface area contributed by atoms with Crippen LogP contribution < -0.4 is 15.2 Å². The van der Waals surface area contributed by atoms with Gasteiger partial charge in [-0.25, -0.2) is 9.78 Å². The largest absolute Gasteiger partial charge is 0.482 e. The van der Waals surface area contributed by atoms with Crippen molar-refractivity contribution in [2.45, 2.75) is 40.2 Å². The molecule has 1 atom stereocenters. The fourth-order valence-corrected chi connectivity index (χ4v) is 5.03. The fraction of sp³-hybridized carbons (Fsp3) is 0.375. The number of aromatic nitrogens is 2. The monoisotopic (exact) mass is 483 g/mol. The number of anilines is 1. The van der Waals surface area contributed by atoms with Crippen LogP contribution in [0, 0.1) is 6.92 Å². The Morgan fingerprint density at radius 1 is 1.26 bits per heavy atom. The number of carbonyl (C=O) groups excluding carboxylic acids is 3. The van der Waals surface area contributed by atoms with Crippen LogP contribution in [-0.2, 0) is 9.53 Å². The number of hydrogen-bond donors (Lipinski definition) is 0. The Labute approximate surface area is 199 Å². The standard InChI is InChI=1S/C24H25N3O6S/c1-5-9-26-16-10-15(7-8-17(16)33-11-18(26)28)20(29)14(4)27-12-25-22-19(23(27)30)13(3)21(34-22)24(31)32-6-2/h7-8,10,12,14H,5-6,9,11H2,1-4H3. The molecule has 1 amide bonds. The third-order valence-corrected chi connectivity index (χ3v) is 6.95. The van der Waals surface area contributed by atoms with Crippen molar-refractivity contribution in [1.82, 2.24) is 9.55 Å². The van der Waals surface area contributed by atoms with Gasteiger partial charge in [0.05, 0.1) is 30.0 Å². The van der Waals surface area contributed by atoms with Crippen molar-refractivity contribution in [3.8, 4) is 5.75 Å². The predicted octanol–water partition coefficient (Wildman–Crippen LogP) is 3.52. The number of Topliss-reactive ketones (excluding diaryl/α,β-unsaturated/α-hetero) is 1. The van der Waals surface area contributed by atoms with Crippen LogP contribution >= 0.6 is 11.3 Å². The molecule has 3 heterocycles. The summed E-state index contributed by atoms with van der Waals surface area (Å²) < 4.78 is 11.8. The quantitative estimate of drug-likeness (QED) is 0.374. The summed E-state index contributed by atoms with van der Waals surface area (Å²) >= 11 is 1.10. The molecule has 1 aliphatic rings. The van der Waals surface area contributed by atoms with Crippen LogP contribution in [0.4, 0.5) is 5.69 Å². The molecular formula is C24H25N3O6S. The highest BCUT2D eigenvalue weighted by Crippen LogP contribution is 2.34. The maximum atomic E-state index is 13.3. The molecule has 3 aromatic rings. The Morgan fingerprint density at radius 3 is 2.74 bits per heavy atom. The SMILES string of the molecule is CCCN1C(=O)COc2ccc(C(=O)C(C)n3cnc4sc(C(=O)OCC)c(C)c4c3=O)cc21. The molecule has 0 bridgehead atoms.